The largest absolute Gasteiger partial charge is 0.400 e. The van der Waals surface area contributed by atoms with Crippen LogP contribution in [0.3, 0.4) is 0 Å². The molecule has 5 rings (SSSR count). The number of aldehydes is 1. The predicted octanol–water partition coefficient (Wildman–Crippen LogP) is 8.07. The third-order valence-electron chi connectivity index (χ3n) is 9.15. The van der Waals surface area contributed by atoms with Crippen molar-refractivity contribution in [2.24, 2.45) is 0 Å². The molecule has 1 unspecified atom stereocenters. The van der Waals surface area contributed by atoms with Crippen LogP contribution in [0.5, 0.6) is 0 Å². The van der Waals surface area contributed by atoms with E-state index >= 15 is 0 Å². The van der Waals surface area contributed by atoms with Gasteiger partial charge in [-0.1, -0.05) is 66.8 Å². The Morgan fingerprint density at radius 2 is 1.65 bits per heavy atom. The quantitative estimate of drug-likeness (QED) is 0.0360. The van der Waals surface area contributed by atoms with Gasteiger partial charge < -0.3 is 19.4 Å². The van der Waals surface area contributed by atoms with Crippen LogP contribution in [-0.2, 0) is 25.7 Å². The number of rotatable bonds is 15. The number of hydrogen-bond donors (Lipinski definition) is 3. The lowest BCUT2D eigenvalue weighted by atomic mass is 9.77. The summed E-state index contributed by atoms with van der Waals surface area (Å²) in [5, 5.41) is 9.32. The molecule has 49 heavy (non-hydrogen) atoms. The van der Waals surface area contributed by atoms with Gasteiger partial charge in [-0.05, 0) is 69.6 Å². The minimum Gasteiger partial charge on any atom is -0.400 e. The molecule has 262 valence electrons. The number of aliphatic hydroxyl groups is 1. The summed E-state index contributed by atoms with van der Waals surface area (Å²) in [6.45, 7) is 7.95. The van der Waals surface area contributed by atoms with Gasteiger partial charge >= 0.3 is 0 Å². The average Bonchev–Trinajstić information content (AvgIpc) is 3.64. The Labute approximate surface area is 298 Å². The van der Waals surface area contributed by atoms with E-state index in [1.807, 2.05) is 48.6 Å². The molecule has 1 aromatic heterocycles. The number of fused-ring (bicyclic) bond motifs is 4. The second kappa shape index (κ2) is 17.1. The molecule has 3 aromatic rings. The van der Waals surface area contributed by atoms with Gasteiger partial charge in [0.25, 0.3) is 10.1 Å². The Kier molecular flexibility index (Phi) is 13.4. The van der Waals surface area contributed by atoms with Crippen molar-refractivity contribution in [2.45, 2.75) is 57.3 Å². The summed E-state index contributed by atoms with van der Waals surface area (Å²) in [7, 11) is -3.08. The molecule has 3 N–H and O–H groups in total. The summed E-state index contributed by atoms with van der Waals surface area (Å²) < 4.78 is 45.6. The third kappa shape index (κ3) is 8.53. The molecule has 2 aromatic carbocycles. The molecule has 0 spiro atoms. The zero-order valence-electron chi connectivity index (χ0n) is 28.6. The van der Waals surface area contributed by atoms with Crippen molar-refractivity contribution in [1.29, 1.82) is 0 Å². The maximum atomic E-state index is 11.6. The van der Waals surface area contributed by atoms with E-state index in [0.29, 0.717) is 31.6 Å². The first-order valence-electron chi connectivity index (χ1n) is 16.4. The van der Waals surface area contributed by atoms with Gasteiger partial charge in [-0.2, -0.15) is 13.0 Å². The number of aliphatic hydroxyl groups excluding tert-OH is 1. The highest BCUT2D eigenvalue weighted by atomic mass is 32.2. The zero-order chi connectivity index (χ0) is 35.7. The van der Waals surface area contributed by atoms with E-state index < -0.39 is 15.5 Å². The number of thiophene rings is 1. The van der Waals surface area contributed by atoms with E-state index in [0.717, 1.165) is 65.9 Å². The number of benzene rings is 2. The van der Waals surface area contributed by atoms with Gasteiger partial charge in [0.2, 0.25) is 5.69 Å². The molecule has 2 aliphatic heterocycles. The van der Waals surface area contributed by atoms with E-state index in [4.69, 9.17) is 5.11 Å². The number of carbonyl (C=O) groups excluding carboxylic acids is 1. The van der Waals surface area contributed by atoms with Crippen LogP contribution in [-0.4, -0.2) is 70.9 Å². The summed E-state index contributed by atoms with van der Waals surface area (Å²) >= 11 is 2.58. The lowest BCUT2D eigenvalue weighted by Crippen LogP contribution is -2.30. The number of carbonyl (C=O) groups is 1. The Hall–Kier alpha value is -3.32. The van der Waals surface area contributed by atoms with Gasteiger partial charge in [0.15, 0.2) is 12.3 Å². The number of hydrogen-bond acceptors (Lipinski definition) is 8. The summed E-state index contributed by atoms with van der Waals surface area (Å²) in [4.78, 5) is 13.5. The fraction of sp³-hybridized carbons (Fsp3) is 0.368. The molecule has 3 heterocycles. The molecule has 0 radical (unpaired) electrons. The Morgan fingerprint density at radius 1 is 0.959 bits per heavy atom. The van der Waals surface area contributed by atoms with Crippen molar-refractivity contribution in [3.05, 3.63) is 108 Å². The minimum absolute atomic E-state index is 0.186. The summed E-state index contributed by atoms with van der Waals surface area (Å²) in [5.74, 6) is 0.328. The summed E-state index contributed by atoms with van der Waals surface area (Å²) in [6.07, 6.45) is 17.4. The van der Waals surface area contributed by atoms with Gasteiger partial charge in [0.1, 0.15) is 11.3 Å². The fourth-order valence-electron chi connectivity index (χ4n) is 6.99. The molecule has 0 aliphatic carbocycles. The second-order valence-electron chi connectivity index (χ2n) is 12.7. The monoisotopic (exact) mass is 723 g/mol. The Morgan fingerprint density at radius 3 is 2.39 bits per heavy atom. The fourth-order valence-corrected chi connectivity index (χ4v) is 9.12. The summed E-state index contributed by atoms with van der Waals surface area (Å²) in [5.41, 5.74) is 5.17. The second-order valence-corrected chi connectivity index (χ2v) is 15.9. The lowest BCUT2D eigenvalue weighted by Gasteiger charge is -2.31. The lowest BCUT2D eigenvalue weighted by molar-refractivity contribution is -0.436. The minimum atomic E-state index is -4.08. The van der Waals surface area contributed by atoms with Crippen LogP contribution in [0.15, 0.2) is 96.8 Å². The van der Waals surface area contributed by atoms with Crippen LogP contribution in [0.1, 0.15) is 57.6 Å². The highest BCUT2D eigenvalue weighted by Gasteiger charge is 2.46. The van der Waals surface area contributed by atoms with Gasteiger partial charge in [0.05, 0.1) is 17.6 Å². The predicted molar refractivity (Wildman–Crippen MR) is 205 cm³/mol. The number of para-hydroxylation sites is 1. The molecule has 2 aliphatic rings. The number of anilines is 1. The van der Waals surface area contributed by atoms with Crippen molar-refractivity contribution in [2.75, 3.05) is 36.6 Å². The molecule has 0 saturated carbocycles. The number of nitrogens with zero attached hydrogens (tertiary/aromatic N) is 2. The van der Waals surface area contributed by atoms with Gasteiger partial charge in [-0.25, -0.2) is 0 Å². The molecule has 0 bridgehead atoms. The molecule has 8 nitrogen and oxygen atoms in total. The Bertz CT molecular complexity index is 1890. The first-order valence-corrected chi connectivity index (χ1v) is 19.8. The average molecular weight is 724 g/mol. The van der Waals surface area contributed by atoms with Gasteiger partial charge in [-0.15, -0.1) is 11.3 Å². The first kappa shape index (κ1) is 38.5. The van der Waals surface area contributed by atoms with Crippen molar-refractivity contribution in [3.63, 3.8) is 0 Å². The SMILES string of the molecule is CC1(C)C(/C=C/C=C/C=C/C=C2\N(CCCSO)c3sc4ccccc4c3C2(C)CCCS(=O)(=O)O)=[N+](CCC=O)c2ccccc21.CO. The molecule has 0 fully saturated rings. The maximum Gasteiger partial charge on any atom is 0.264 e. The maximum absolute atomic E-state index is 11.6. The van der Waals surface area contributed by atoms with E-state index in [1.54, 1.807) is 11.3 Å². The normalized spacial score (nSPS) is 19.4. The van der Waals surface area contributed by atoms with Crippen LogP contribution in [0.25, 0.3) is 10.1 Å². The topological polar surface area (TPSA) is 118 Å². The first-order chi connectivity index (χ1) is 23.5. The van der Waals surface area contributed by atoms with Crippen LogP contribution >= 0.6 is 23.4 Å². The van der Waals surface area contributed by atoms with E-state index in [9.17, 15) is 22.3 Å². The molecule has 0 amide bonds. The van der Waals surface area contributed by atoms with Gasteiger partial charge in [-0.3, -0.25) is 4.55 Å². The van der Waals surface area contributed by atoms with E-state index in [1.165, 1.54) is 15.8 Å². The van der Waals surface area contributed by atoms with Crippen molar-refractivity contribution in [1.82, 2.24) is 0 Å². The molecule has 0 saturated heterocycles. The number of allylic oxidation sites excluding steroid dienone is 8. The van der Waals surface area contributed by atoms with E-state index in [2.05, 4.69) is 72.7 Å². The van der Waals surface area contributed by atoms with Crippen molar-refractivity contribution < 1.29 is 32.0 Å². The molecular weight excluding hydrogens is 677 g/mol. The molecule has 11 heteroatoms. The standard InChI is InChI=1S/C37H42N2O5S3.CH4O/c1-36(2)29-17-10-11-18-30(29)38(23-14-25-40)32(36)20-7-5-4-6-8-21-33-37(3,22-13-27-47(42,43)44)34-28-16-9-12-19-31(28)46-35(34)39(33)24-15-26-45-41;1-2/h4-12,16-21,25H,13-15,22-24,26-27H2,1-3H3,(H-,41,42,43,44);2H,1H3/p+1. The molecular formula is C38H47N2O6S3+. The van der Waals surface area contributed by atoms with Gasteiger partial charge in [0, 0.05) is 58.5 Å². The molecule has 1 atom stereocenters. The van der Waals surface area contributed by atoms with Crippen LogP contribution in [0, 0.1) is 0 Å². The Balaban J connectivity index is 0.00000265. The smallest absolute Gasteiger partial charge is 0.264 e. The van der Waals surface area contributed by atoms with Crippen molar-refractivity contribution in [3.8, 4) is 0 Å². The highest BCUT2D eigenvalue weighted by Crippen LogP contribution is 2.57. The zero-order valence-corrected chi connectivity index (χ0v) is 31.0. The highest BCUT2D eigenvalue weighted by molar-refractivity contribution is 7.93. The van der Waals surface area contributed by atoms with E-state index in [-0.39, 0.29) is 11.2 Å². The summed E-state index contributed by atoms with van der Waals surface area (Å²) in [6, 6.07) is 16.7. The van der Waals surface area contributed by atoms with Crippen molar-refractivity contribution >= 4 is 66.3 Å². The van der Waals surface area contributed by atoms with Crippen LogP contribution in [0.4, 0.5) is 10.7 Å². The van der Waals surface area contributed by atoms with Crippen LogP contribution < -0.4 is 4.90 Å². The van der Waals surface area contributed by atoms with Crippen LogP contribution in [0.2, 0.25) is 0 Å². The third-order valence-corrected chi connectivity index (χ3v) is 11.6.